The molecular weight excluding hydrogens is 417 g/mol. The van der Waals surface area contributed by atoms with E-state index in [0.29, 0.717) is 36.1 Å². The SMILES string of the molecule is CN1CCC(CNC(=O)C=Cc2cc(C(F)(F)F)cc3c2N(c2ccccc2)CN3)CC1. The largest absolute Gasteiger partial charge is 0.416 e. The third-order valence-electron chi connectivity index (χ3n) is 6.05. The molecule has 2 N–H and O–H groups in total. The lowest BCUT2D eigenvalue weighted by molar-refractivity contribution is -0.137. The fraction of sp³-hybridized carbons (Fsp3) is 0.375. The molecule has 4 rings (SSSR count). The Morgan fingerprint density at radius 3 is 2.59 bits per heavy atom. The topological polar surface area (TPSA) is 47.6 Å². The normalized spacial score (nSPS) is 17.4. The lowest BCUT2D eigenvalue weighted by Gasteiger charge is -2.28. The van der Waals surface area contributed by atoms with Gasteiger partial charge in [-0.2, -0.15) is 13.2 Å². The van der Waals surface area contributed by atoms with Crippen LogP contribution in [0.25, 0.3) is 6.08 Å². The van der Waals surface area contributed by atoms with Crippen LogP contribution in [0.2, 0.25) is 0 Å². The molecule has 1 amide bonds. The Balaban J connectivity index is 1.55. The van der Waals surface area contributed by atoms with E-state index in [-0.39, 0.29) is 5.91 Å². The van der Waals surface area contributed by atoms with Gasteiger partial charge in [0.25, 0.3) is 0 Å². The van der Waals surface area contributed by atoms with Gasteiger partial charge in [0, 0.05) is 23.9 Å². The average molecular weight is 445 g/mol. The minimum absolute atomic E-state index is 0.299. The van der Waals surface area contributed by atoms with E-state index < -0.39 is 11.7 Å². The molecule has 170 valence electrons. The minimum atomic E-state index is -4.48. The van der Waals surface area contributed by atoms with Gasteiger partial charge in [0.15, 0.2) is 0 Å². The van der Waals surface area contributed by atoms with Gasteiger partial charge >= 0.3 is 6.18 Å². The zero-order valence-electron chi connectivity index (χ0n) is 18.0. The van der Waals surface area contributed by atoms with Gasteiger partial charge in [-0.05, 0) is 69.2 Å². The number of benzene rings is 2. The van der Waals surface area contributed by atoms with E-state index in [4.69, 9.17) is 0 Å². The monoisotopic (exact) mass is 444 g/mol. The predicted molar refractivity (Wildman–Crippen MR) is 121 cm³/mol. The van der Waals surface area contributed by atoms with Crippen molar-refractivity contribution < 1.29 is 18.0 Å². The number of halogens is 3. The van der Waals surface area contributed by atoms with Gasteiger partial charge in [-0.1, -0.05) is 18.2 Å². The first-order chi connectivity index (χ1) is 15.3. The molecule has 0 saturated carbocycles. The van der Waals surface area contributed by atoms with E-state index in [0.717, 1.165) is 43.8 Å². The molecule has 2 heterocycles. The molecular formula is C24H27F3N4O. The quantitative estimate of drug-likeness (QED) is 0.657. The Morgan fingerprint density at radius 1 is 1.19 bits per heavy atom. The molecule has 0 atom stereocenters. The van der Waals surface area contributed by atoms with Crippen LogP contribution < -0.4 is 15.5 Å². The smallest absolute Gasteiger partial charge is 0.366 e. The first-order valence-electron chi connectivity index (χ1n) is 10.8. The molecule has 2 aliphatic heterocycles. The lowest BCUT2D eigenvalue weighted by Crippen LogP contribution is -2.36. The number of fused-ring (bicyclic) bond motifs is 1. The Hall–Kier alpha value is -3.00. The summed E-state index contributed by atoms with van der Waals surface area (Å²) in [4.78, 5) is 16.6. The second-order valence-corrected chi connectivity index (χ2v) is 8.38. The molecule has 1 fully saturated rings. The Morgan fingerprint density at radius 2 is 1.91 bits per heavy atom. The standard InChI is InChI=1S/C24H27F3N4O/c1-30-11-9-17(10-12-30)15-28-22(32)8-7-18-13-19(24(25,26)27)14-21-23(18)31(16-29-21)20-5-3-2-4-6-20/h2-8,13-14,17,29H,9-12,15-16H2,1H3,(H,28,32). The number of nitrogens with one attached hydrogen (secondary N) is 2. The highest BCUT2D eigenvalue weighted by Crippen LogP contribution is 2.44. The van der Waals surface area contributed by atoms with Crippen LogP contribution in [0.4, 0.5) is 30.2 Å². The number of nitrogens with zero attached hydrogens (tertiary/aromatic N) is 2. The number of carbonyl (C=O) groups is 1. The fourth-order valence-corrected chi connectivity index (χ4v) is 4.19. The highest BCUT2D eigenvalue weighted by Gasteiger charge is 2.34. The van der Waals surface area contributed by atoms with Gasteiger partial charge in [-0.15, -0.1) is 0 Å². The third-order valence-corrected chi connectivity index (χ3v) is 6.05. The maximum absolute atomic E-state index is 13.5. The van der Waals surface area contributed by atoms with Gasteiger partial charge in [0.2, 0.25) is 5.91 Å². The summed E-state index contributed by atoms with van der Waals surface area (Å²) in [7, 11) is 2.08. The highest BCUT2D eigenvalue weighted by atomic mass is 19.4. The number of likely N-dealkylation sites (tertiary alicyclic amines) is 1. The summed E-state index contributed by atoms with van der Waals surface area (Å²) in [5.41, 5.74) is 1.49. The molecule has 0 aliphatic carbocycles. The van der Waals surface area contributed by atoms with E-state index in [1.165, 1.54) is 12.2 Å². The molecule has 2 aromatic rings. The molecule has 8 heteroatoms. The van der Waals surface area contributed by atoms with E-state index >= 15 is 0 Å². The highest BCUT2D eigenvalue weighted by molar-refractivity contribution is 5.95. The van der Waals surface area contributed by atoms with Crippen LogP contribution in [-0.2, 0) is 11.0 Å². The van der Waals surface area contributed by atoms with Gasteiger partial charge < -0.3 is 20.4 Å². The first kappa shape index (κ1) is 22.2. The van der Waals surface area contributed by atoms with E-state index in [1.54, 1.807) is 0 Å². The third kappa shape index (κ3) is 5.07. The predicted octanol–water partition coefficient (Wildman–Crippen LogP) is 4.70. The van der Waals surface area contributed by atoms with Crippen LogP contribution in [0.1, 0.15) is 24.0 Å². The fourth-order valence-electron chi connectivity index (χ4n) is 4.19. The second kappa shape index (κ2) is 9.24. The van der Waals surface area contributed by atoms with E-state index in [2.05, 4.69) is 22.6 Å². The molecule has 0 bridgehead atoms. The first-order valence-corrected chi connectivity index (χ1v) is 10.8. The molecule has 0 aromatic heterocycles. The van der Waals surface area contributed by atoms with Crippen molar-refractivity contribution in [2.24, 2.45) is 5.92 Å². The zero-order valence-corrected chi connectivity index (χ0v) is 18.0. The van der Waals surface area contributed by atoms with Crippen LogP contribution in [0, 0.1) is 5.92 Å². The number of piperidine rings is 1. The van der Waals surface area contributed by atoms with Crippen LogP contribution in [0.5, 0.6) is 0 Å². The molecule has 0 spiro atoms. The summed E-state index contributed by atoms with van der Waals surface area (Å²) in [6.45, 7) is 2.95. The van der Waals surface area contributed by atoms with E-state index in [1.807, 2.05) is 35.2 Å². The Bertz CT molecular complexity index is 983. The summed E-state index contributed by atoms with van der Waals surface area (Å²) in [5.74, 6) is 0.131. The molecule has 0 unspecified atom stereocenters. The number of hydrogen-bond donors (Lipinski definition) is 2. The van der Waals surface area contributed by atoms with Crippen LogP contribution in [0.3, 0.4) is 0 Å². The van der Waals surface area contributed by atoms with E-state index in [9.17, 15) is 18.0 Å². The number of amides is 1. The number of para-hydroxylation sites is 1. The van der Waals surface area contributed by atoms with Crippen molar-refractivity contribution >= 4 is 29.0 Å². The molecule has 1 saturated heterocycles. The van der Waals surface area contributed by atoms with Gasteiger partial charge in [0.05, 0.1) is 23.6 Å². The van der Waals surface area contributed by atoms with Crippen molar-refractivity contribution in [3.63, 3.8) is 0 Å². The second-order valence-electron chi connectivity index (χ2n) is 8.38. The number of hydrogen-bond acceptors (Lipinski definition) is 4. The molecule has 2 aromatic carbocycles. The van der Waals surface area contributed by atoms with Crippen molar-refractivity contribution in [2.45, 2.75) is 19.0 Å². The maximum atomic E-state index is 13.5. The van der Waals surface area contributed by atoms with Crippen LogP contribution in [-0.4, -0.2) is 44.2 Å². The van der Waals surface area contributed by atoms with Gasteiger partial charge in [-0.3, -0.25) is 4.79 Å². The van der Waals surface area contributed by atoms with Crippen molar-refractivity contribution in [1.82, 2.24) is 10.2 Å². The van der Waals surface area contributed by atoms with Crippen molar-refractivity contribution in [2.75, 3.05) is 43.6 Å². The van der Waals surface area contributed by atoms with Crippen molar-refractivity contribution in [3.8, 4) is 0 Å². The number of anilines is 3. The lowest BCUT2D eigenvalue weighted by atomic mass is 9.97. The molecule has 5 nitrogen and oxygen atoms in total. The zero-order chi connectivity index (χ0) is 22.7. The maximum Gasteiger partial charge on any atom is 0.416 e. The minimum Gasteiger partial charge on any atom is -0.366 e. The van der Waals surface area contributed by atoms with Gasteiger partial charge in [-0.25, -0.2) is 0 Å². The van der Waals surface area contributed by atoms with Crippen molar-refractivity contribution in [3.05, 3.63) is 59.7 Å². The number of alkyl halides is 3. The summed E-state index contributed by atoms with van der Waals surface area (Å²) < 4.78 is 40.4. The molecule has 32 heavy (non-hydrogen) atoms. The Kier molecular flexibility index (Phi) is 6.41. The number of carbonyl (C=O) groups excluding carboxylic acids is 1. The summed E-state index contributed by atoms with van der Waals surface area (Å²) in [5, 5.41) is 5.95. The van der Waals surface area contributed by atoms with Crippen LogP contribution in [0.15, 0.2) is 48.5 Å². The van der Waals surface area contributed by atoms with Crippen LogP contribution >= 0.6 is 0 Å². The number of rotatable bonds is 5. The average Bonchev–Trinajstić information content (AvgIpc) is 3.21. The summed E-state index contributed by atoms with van der Waals surface area (Å²) >= 11 is 0. The van der Waals surface area contributed by atoms with Crippen molar-refractivity contribution in [1.29, 1.82) is 0 Å². The summed E-state index contributed by atoms with van der Waals surface area (Å²) in [6.07, 6.45) is 0.377. The summed E-state index contributed by atoms with van der Waals surface area (Å²) in [6, 6.07) is 11.7. The molecule has 2 aliphatic rings. The Labute approximate surface area is 185 Å². The molecule has 0 radical (unpaired) electrons. The van der Waals surface area contributed by atoms with Gasteiger partial charge in [0.1, 0.15) is 0 Å².